The molecule has 2 aromatic rings. The molecule has 0 aliphatic carbocycles. The van der Waals surface area contributed by atoms with Gasteiger partial charge in [0.25, 0.3) is 0 Å². The molecule has 0 saturated carbocycles. The van der Waals surface area contributed by atoms with Gasteiger partial charge in [-0.3, -0.25) is 4.79 Å². The normalized spacial score (nSPS) is 12.3. The highest BCUT2D eigenvalue weighted by atomic mass is 32.1. The fraction of sp³-hybridized carbons (Fsp3) is 0.167. The number of nitrogens with two attached hydrogens (primary N) is 1. The monoisotopic (exact) mass is 266 g/mol. The van der Waals surface area contributed by atoms with E-state index in [1.165, 1.54) is 23.5 Å². The SMILES string of the molecule is NC(C(=O)O)c1csc(Cc2ccc(F)cc2)n1. The lowest BCUT2D eigenvalue weighted by Gasteiger charge is -2.01. The number of aliphatic carboxylic acids is 1. The highest BCUT2D eigenvalue weighted by Gasteiger charge is 2.17. The first-order chi connectivity index (χ1) is 8.56. The number of halogens is 1. The Balaban J connectivity index is 2.11. The quantitative estimate of drug-likeness (QED) is 0.887. The number of thiazole rings is 1. The zero-order chi connectivity index (χ0) is 13.1. The van der Waals surface area contributed by atoms with Crippen LogP contribution in [-0.2, 0) is 11.2 Å². The van der Waals surface area contributed by atoms with Gasteiger partial charge in [0.1, 0.15) is 11.9 Å². The van der Waals surface area contributed by atoms with Gasteiger partial charge in [0, 0.05) is 11.8 Å². The number of rotatable bonds is 4. The highest BCUT2D eigenvalue weighted by molar-refractivity contribution is 7.09. The van der Waals surface area contributed by atoms with E-state index in [4.69, 9.17) is 10.8 Å². The molecule has 0 aliphatic heterocycles. The average Bonchev–Trinajstić information content (AvgIpc) is 2.79. The second-order valence-corrected chi connectivity index (χ2v) is 4.73. The summed E-state index contributed by atoms with van der Waals surface area (Å²) in [5.74, 6) is -1.39. The molecule has 1 unspecified atom stereocenters. The third kappa shape index (κ3) is 2.91. The van der Waals surface area contributed by atoms with Crippen LogP contribution < -0.4 is 5.73 Å². The van der Waals surface area contributed by atoms with E-state index in [9.17, 15) is 9.18 Å². The Labute approximate surface area is 107 Å². The Hall–Kier alpha value is -1.79. The largest absolute Gasteiger partial charge is 0.480 e. The molecule has 0 radical (unpaired) electrons. The van der Waals surface area contributed by atoms with Gasteiger partial charge in [-0.15, -0.1) is 11.3 Å². The van der Waals surface area contributed by atoms with E-state index in [0.29, 0.717) is 12.1 Å². The summed E-state index contributed by atoms with van der Waals surface area (Å²) < 4.78 is 12.7. The lowest BCUT2D eigenvalue weighted by Crippen LogP contribution is -2.20. The zero-order valence-electron chi connectivity index (χ0n) is 9.34. The fourth-order valence-electron chi connectivity index (χ4n) is 1.45. The summed E-state index contributed by atoms with van der Waals surface area (Å²) in [5, 5.41) is 11.2. The molecule has 0 aliphatic rings. The van der Waals surface area contributed by atoms with Crippen LogP contribution in [0.1, 0.15) is 22.3 Å². The van der Waals surface area contributed by atoms with Crippen molar-refractivity contribution >= 4 is 17.3 Å². The Morgan fingerprint density at radius 1 is 1.44 bits per heavy atom. The number of carboxylic acids is 1. The summed E-state index contributed by atoms with van der Waals surface area (Å²) in [6.07, 6.45) is 0.539. The van der Waals surface area contributed by atoms with Crippen LogP contribution in [0.4, 0.5) is 4.39 Å². The van der Waals surface area contributed by atoms with Crippen molar-refractivity contribution in [3.63, 3.8) is 0 Å². The Bertz CT molecular complexity index is 553. The van der Waals surface area contributed by atoms with Gasteiger partial charge in [0.05, 0.1) is 10.7 Å². The van der Waals surface area contributed by atoms with Gasteiger partial charge < -0.3 is 10.8 Å². The van der Waals surface area contributed by atoms with Gasteiger partial charge in [0.15, 0.2) is 0 Å². The van der Waals surface area contributed by atoms with Crippen molar-refractivity contribution in [2.24, 2.45) is 5.73 Å². The van der Waals surface area contributed by atoms with Crippen LogP contribution in [0.3, 0.4) is 0 Å². The first-order valence-electron chi connectivity index (χ1n) is 5.23. The zero-order valence-corrected chi connectivity index (χ0v) is 10.2. The van der Waals surface area contributed by atoms with Crippen LogP contribution >= 0.6 is 11.3 Å². The number of carboxylic acid groups (broad SMARTS) is 1. The smallest absolute Gasteiger partial charge is 0.326 e. The molecule has 6 heteroatoms. The number of hydrogen-bond donors (Lipinski definition) is 2. The summed E-state index contributed by atoms with van der Waals surface area (Å²) in [5.41, 5.74) is 6.73. The number of nitrogens with zero attached hydrogens (tertiary/aromatic N) is 1. The molecule has 1 aromatic heterocycles. The van der Waals surface area contributed by atoms with Crippen LogP contribution in [0, 0.1) is 5.82 Å². The lowest BCUT2D eigenvalue weighted by molar-refractivity contribution is -0.138. The molecule has 94 valence electrons. The van der Waals surface area contributed by atoms with Crippen molar-refractivity contribution in [1.82, 2.24) is 4.98 Å². The molecule has 0 bridgehead atoms. The molecule has 2 rings (SSSR count). The van der Waals surface area contributed by atoms with E-state index in [-0.39, 0.29) is 5.82 Å². The summed E-state index contributed by atoms with van der Waals surface area (Å²) >= 11 is 1.35. The van der Waals surface area contributed by atoms with Crippen LogP contribution in [0.15, 0.2) is 29.6 Å². The minimum absolute atomic E-state index is 0.286. The van der Waals surface area contributed by atoms with Gasteiger partial charge >= 0.3 is 5.97 Å². The number of aromatic nitrogens is 1. The van der Waals surface area contributed by atoms with E-state index in [1.807, 2.05) is 0 Å². The molecular weight excluding hydrogens is 255 g/mol. The first kappa shape index (κ1) is 12.7. The van der Waals surface area contributed by atoms with E-state index in [2.05, 4.69) is 4.98 Å². The van der Waals surface area contributed by atoms with Crippen molar-refractivity contribution in [2.45, 2.75) is 12.5 Å². The average molecular weight is 266 g/mol. The molecule has 1 aromatic carbocycles. The van der Waals surface area contributed by atoms with Crippen molar-refractivity contribution in [3.05, 3.63) is 51.7 Å². The molecule has 18 heavy (non-hydrogen) atoms. The standard InChI is InChI=1S/C12H11FN2O2S/c13-8-3-1-7(2-4-8)5-10-15-9(6-18-10)11(14)12(16)17/h1-4,6,11H,5,14H2,(H,16,17). The molecule has 0 fully saturated rings. The van der Waals surface area contributed by atoms with Crippen LogP contribution in [0.5, 0.6) is 0 Å². The van der Waals surface area contributed by atoms with Crippen molar-refractivity contribution in [2.75, 3.05) is 0 Å². The predicted molar refractivity (Wildman–Crippen MR) is 65.9 cm³/mol. The molecule has 0 spiro atoms. The summed E-state index contributed by atoms with van der Waals surface area (Å²) in [6, 6.07) is 5.02. The van der Waals surface area contributed by atoms with Crippen molar-refractivity contribution < 1.29 is 14.3 Å². The highest BCUT2D eigenvalue weighted by Crippen LogP contribution is 2.18. The fourth-order valence-corrected chi connectivity index (χ4v) is 2.32. The van der Waals surface area contributed by atoms with E-state index >= 15 is 0 Å². The van der Waals surface area contributed by atoms with Gasteiger partial charge in [-0.05, 0) is 17.7 Å². The van der Waals surface area contributed by atoms with E-state index < -0.39 is 12.0 Å². The van der Waals surface area contributed by atoms with E-state index in [1.54, 1.807) is 17.5 Å². The topological polar surface area (TPSA) is 76.2 Å². The second-order valence-electron chi connectivity index (χ2n) is 3.79. The molecule has 0 amide bonds. The van der Waals surface area contributed by atoms with Gasteiger partial charge in [-0.2, -0.15) is 0 Å². The molecule has 4 nitrogen and oxygen atoms in total. The Morgan fingerprint density at radius 3 is 2.72 bits per heavy atom. The third-order valence-corrected chi connectivity index (χ3v) is 3.29. The van der Waals surface area contributed by atoms with Gasteiger partial charge in [-0.25, -0.2) is 9.37 Å². The molecule has 1 heterocycles. The van der Waals surface area contributed by atoms with Gasteiger partial charge in [0.2, 0.25) is 0 Å². The maximum absolute atomic E-state index is 12.7. The molecule has 1 atom stereocenters. The lowest BCUT2D eigenvalue weighted by atomic mass is 10.1. The minimum atomic E-state index is -1.10. The Kier molecular flexibility index (Phi) is 3.69. The maximum atomic E-state index is 12.7. The summed E-state index contributed by atoms with van der Waals surface area (Å²) in [7, 11) is 0. The molecule has 0 saturated heterocycles. The van der Waals surface area contributed by atoms with E-state index in [0.717, 1.165) is 10.6 Å². The van der Waals surface area contributed by atoms with Crippen LogP contribution in [-0.4, -0.2) is 16.1 Å². The van der Waals surface area contributed by atoms with Gasteiger partial charge in [-0.1, -0.05) is 12.1 Å². The van der Waals surface area contributed by atoms with Crippen LogP contribution in [0.2, 0.25) is 0 Å². The summed E-state index contributed by atoms with van der Waals surface area (Å²) in [6.45, 7) is 0. The Morgan fingerprint density at radius 2 is 2.11 bits per heavy atom. The van der Waals surface area contributed by atoms with Crippen molar-refractivity contribution in [1.29, 1.82) is 0 Å². The van der Waals surface area contributed by atoms with Crippen molar-refractivity contribution in [3.8, 4) is 0 Å². The second kappa shape index (κ2) is 5.24. The minimum Gasteiger partial charge on any atom is -0.480 e. The number of benzene rings is 1. The maximum Gasteiger partial charge on any atom is 0.326 e. The summed E-state index contributed by atoms with van der Waals surface area (Å²) in [4.78, 5) is 14.9. The number of carbonyl (C=O) groups is 1. The third-order valence-electron chi connectivity index (χ3n) is 2.42. The molecular formula is C12H11FN2O2S. The van der Waals surface area contributed by atoms with Crippen LogP contribution in [0.25, 0.3) is 0 Å². The predicted octanol–water partition coefficient (Wildman–Crippen LogP) is 1.96. The number of hydrogen-bond acceptors (Lipinski definition) is 4. The first-order valence-corrected chi connectivity index (χ1v) is 6.11. The molecule has 3 N–H and O–H groups in total.